The molecule has 0 radical (unpaired) electrons. The summed E-state index contributed by atoms with van der Waals surface area (Å²) in [5, 5.41) is 2.70. The SMILES string of the molecule is O=C(NCCC1CCC1)c1ccc(F)c(S(=O)(=O)Cl)c1. The second kappa shape index (κ2) is 6.10. The minimum absolute atomic E-state index is 0.0826. The van der Waals surface area contributed by atoms with E-state index in [1.165, 1.54) is 25.3 Å². The molecular weight excluding hydrogens is 305 g/mol. The highest BCUT2D eigenvalue weighted by molar-refractivity contribution is 8.13. The zero-order chi connectivity index (χ0) is 14.8. The quantitative estimate of drug-likeness (QED) is 0.849. The van der Waals surface area contributed by atoms with Crippen LogP contribution in [0, 0.1) is 11.7 Å². The number of rotatable bonds is 5. The number of nitrogens with one attached hydrogen (secondary N) is 1. The third kappa shape index (κ3) is 3.70. The van der Waals surface area contributed by atoms with E-state index in [1.807, 2.05) is 0 Å². The molecule has 20 heavy (non-hydrogen) atoms. The summed E-state index contributed by atoms with van der Waals surface area (Å²) >= 11 is 0. The molecule has 0 aliphatic heterocycles. The first-order valence-corrected chi connectivity index (χ1v) is 8.71. The molecule has 4 nitrogen and oxygen atoms in total. The Bertz CT molecular complexity index is 614. The molecule has 0 aromatic heterocycles. The Morgan fingerprint density at radius 2 is 2.10 bits per heavy atom. The molecule has 1 aromatic carbocycles. The number of amides is 1. The van der Waals surface area contributed by atoms with Crippen molar-refractivity contribution < 1.29 is 17.6 Å². The van der Waals surface area contributed by atoms with Crippen LogP contribution in [0.3, 0.4) is 0 Å². The molecule has 1 aromatic rings. The monoisotopic (exact) mass is 319 g/mol. The molecule has 1 fully saturated rings. The minimum Gasteiger partial charge on any atom is -0.352 e. The maximum atomic E-state index is 13.3. The van der Waals surface area contributed by atoms with Crippen molar-refractivity contribution in [2.24, 2.45) is 5.92 Å². The summed E-state index contributed by atoms with van der Waals surface area (Å²) in [7, 11) is 0.912. The van der Waals surface area contributed by atoms with Gasteiger partial charge in [0, 0.05) is 22.8 Å². The highest BCUT2D eigenvalue weighted by Gasteiger charge is 2.20. The van der Waals surface area contributed by atoms with Crippen LogP contribution < -0.4 is 5.32 Å². The number of carbonyl (C=O) groups is 1. The van der Waals surface area contributed by atoms with Gasteiger partial charge in [0.2, 0.25) is 0 Å². The molecule has 0 atom stereocenters. The largest absolute Gasteiger partial charge is 0.352 e. The predicted molar refractivity (Wildman–Crippen MR) is 73.7 cm³/mol. The van der Waals surface area contributed by atoms with Gasteiger partial charge in [-0.1, -0.05) is 19.3 Å². The molecular formula is C13H15ClFNO3S. The molecule has 0 saturated heterocycles. The van der Waals surface area contributed by atoms with E-state index in [4.69, 9.17) is 10.7 Å². The van der Waals surface area contributed by atoms with Gasteiger partial charge in [-0.25, -0.2) is 12.8 Å². The average molecular weight is 320 g/mol. The van der Waals surface area contributed by atoms with E-state index in [-0.39, 0.29) is 5.56 Å². The molecule has 0 spiro atoms. The zero-order valence-corrected chi connectivity index (χ0v) is 12.3. The van der Waals surface area contributed by atoms with E-state index in [2.05, 4.69) is 5.32 Å². The van der Waals surface area contributed by atoms with Crippen LogP contribution in [0.1, 0.15) is 36.0 Å². The third-order valence-corrected chi connectivity index (χ3v) is 4.86. The molecule has 1 amide bonds. The first-order valence-electron chi connectivity index (χ1n) is 6.40. The number of hydrogen-bond acceptors (Lipinski definition) is 3. The Labute approximate surface area is 121 Å². The highest BCUT2D eigenvalue weighted by Crippen LogP contribution is 2.28. The first-order chi connectivity index (χ1) is 9.38. The number of halogens is 2. The van der Waals surface area contributed by atoms with Crippen LogP contribution in [0.5, 0.6) is 0 Å². The van der Waals surface area contributed by atoms with Gasteiger partial charge in [0.1, 0.15) is 10.7 Å². The van der Waals surface area contributed by atoms with Crippen molar-refractivity contribution in [1.29, 1.82) is 0 Å². The van der Waals surface area contributed by atoms with E-state index in [9.17, 15) is 17.6 Å². The van der Waals surface area contributed by atoms with Crippen molar-refractivity contribution in [3.63, 3.8) is 0 Å². The lowest BCUT2D eigenvalue weighted by atomic mass is 9.83. The van der Waals surface area contributed by atoms with Gasteiger partial charge in [0.05, 0.1) is 0 Å². The van der Waals surface area contributed by atoms with Crippen molar-refractivity contribution in [1.82, 2.24) is 5.32 Å². The molecule has 7 heteroatoms. The van der Waals surface area contributed by atoms with E-state index >= 15 is 0 Å². The van der Waals surface area contributed by atoms with E-state index in [0.29, 0.717) is 12.5 Å². The molecule has 110 valence electrons. The number of benzene rings is 1. The Morgan fingerprint density at radius 1 is 1.40 bits per heavy atom. The summed E-state index contributed by atoms with van der Waals surface area (Å²) in [5.74, 6) is -0.723. The normalized spacial score (nSPS) is 15.7. The third-order valence-electron chi connectivity index (χ3n) is 3.52. The van der Waals surface area contributed by atoms with Gasteiger partial charge in [-0.2, -0.15) is 0 Å². The minimum atomic E-state index is -4.20. The van der Waals surface area contributed by atoms with Crippen LogP contribution in [0.4, 0.5) is 4.39 Å². The smallest absolute Gasteiger partial charge is 0.264 e. The Hall–Kier alpha value is -1.14. The van der Waals surface area contributed by atoms with Gasteiger partial charge < -0.3 is 5.32 Å². The fraction of sp³-hybridized carbons (Fsp3) is 0.462. The van der Waals surface area contributed by atoms with Crippen molar-refractivity contribution in [3.05, 3.63) is 29.6 Å². The summed E-state index contributed by atoms with van der Waals surface area (Å²) in [4.78, 5) is 11.2. The van der Waals surface area contributed by atoms with Crippen LogP contribution in [-0.2, 0) is 9.05 Å². The van der Waals surface area contributed by atoms with Gasteiger partial charge in [-0.15, -0.1) is 0 Å². The standard InChI is InChI=1S/C13H15ClFNO3S/c14-20(18,19)12-8-10(4-5-11(12)15)13(17)16-7-6-9-2-1-3-9/h4-5,8-9H,1-3,6-7H2,(H,16,17). The van der Waals surface area contributed by atoms with E-state index in [1.54, 1.807) is 0 Å². The predicted octanol–water partition coefficient (Wildman–Crippen LogP) is 2.67. The molecule has 0 unspecified atom stereocenters. The van der Waals surface area contributed by atoms with Crippen molar-refractivity contribution in [2.45, 2.75) is 30.6 Å². The molecule has 0 heterocycles. The summed E-state index contributed by atoms with van der Waals surface area (Å²) in [5.41, 5.74) is 0.0826. The zero-order valence-electron chi connectivity index (χ0n) is 10.7. The van der Waals surface area contributed by atoms with Gasteiger partial charge in [0.25, 0.3) is 15.0 Å². The molecule has 0 bridgehead atoms. The summed E-state index contributed by atoms with van der Waals surface area (Å²) < 4.78 is 35.7. The average Bonchev–Trinajstić information content (AvgIpc) is 2.31. The summed E-state index contributed by atoms with van der Waals surface area (Å²) in [6.45, 7) is 0.532. The second-order valence-electron chi connectivity index (χ2n) is 4.92. The van der Waals surface area contributed by atoms with Crippen LogP contribution in [0.15, 0.2) is 23.1 Å². The number of hydrogen-bond donors (Lipinski definition) is 1. The van der Waals surface area contributed by atoms with Crippen molar-refractivity contribution in [3.8, 4) is 0 Å². The van der Waals surface area contributed by atoms with Gasteiger partial charge >= 0.3 is 0 Å². The van der Waals surface area contributed by atoms with Crippen LogP contribution in [0.2, 0.25) is 0 Å². The summed E-state index contributed by atoms with van der Waals surface area (Å²) in [6, 6.07) is 3.12. The van der Waals surface area contributed by atoms with Crippen molar-refractivity contribution in [2.75, 3.05) is 6.54 Å². The van der Waals surface area contributed by atoms with Crippen LogP contribution >= 0.6 is 10.7 Å². The lowest BCUT2D eigenvalue weighted by molar-refractivity contribution is 0.0948. The van der Waals surface area contributed by atoms with E-state index < -0.39 is 25.7 Å². The maximum absolute atomic E-state index is 13.3. The topological polar surface area (TPSA) is 63.2 Å². The van der Waals surface area contributed by atoms with Gasteiger partial charge in [0.15, 0.2) is 0 Å². The van der Waals surface area contributed by atoms with Crippen LogP contribution in [0.25, 0.3) is 0 Å². The molecule has 1 aliphatic rings. The Balaban J connectivity index is 2.02. The van der Waals surface area contributed by atoms with Crippen LogP contribution in [-0.4, -0.2) is 20.9 Å². The molecule has 1 saturated carbocycles. The number of carbonyl (C=O) groups excluding carboxylic acids is 1. The second-order valence-corrected chi connectivity index (χ2v) is 7.46. The maximum Gasteiger partial charge on any atom is 0.264 e. The molecule has 1 aliphatic carbocycles. The lowest BCUT2D eigenvalue weighted by Gasteiger charge is -2.25. The van der Waals surface area contributed by atoms with Crippen molar-refractivity contribution >= 4 is 25.6 Å². The fourth-order valence-electron chi connectivity index (χ4n) is 2.10. The first kappa shape index (κ1) is 15.3. The Kier molecular flexibility index (Phi) is 4.65. The molecule has 1 N–H and O–H groups in total. The van der Waals surface area contributed by atoms with Gasteiger partial charge in [-0.3, -0.25) is 4.79 Å². The highest BCUT2D eigenvalue weighted by atomic mass is 35.7. The fourth-order valence-corrected chi connectivity index (χ4v) is 3.03. The lowest BCUT2D eigenvalue weighted by Crippen LogP contribution is -2.27. The Morgan fingerprint density at radius 3 is 2.65 bits per heavy atom. The van der Waals surface area contributed by atoms with E-state index in [0.717, 1.165) is 18.6 Å². The van der Waals surface area contributed by atoms with Gasteiger partial charge in [-0.05, 0) is 30.5 Å². The summed E-state index contributed by atoms with van der Waals surface area (Å²) in [6.07, 6.45) is 4.54. The molecule has 2 rings (SSSR count).